The van der Waals surface area contributed by atoms with Gasteiger partial charge in [0, 0.05) is 40.5 Å². The van der Waals surface area contributed by atoms with Crippen LogP contribution < -0.4 is 19.7 Å². The summed E-state index contributed by atoms with van der Waals surface area (Å²) in [4.78, 5) is 26.6. The number of fused-ring (bicyclic) bond motifs is 1. The van der Waals surface area contributed by atoms with Crippen LogP contribution in [0, 0.1) is 5.92 Å². The van der Waals surface area contributed by atoms with Crippen molar-refractivity contribution in [3.8, 4) is 11.5 Å². The van der Waals surface area contributed by atoms with Crippen molar-refractivity contribution >= 4 is 46.4 Å². The Morgan fingerprint density at radius 1 is 1.04 bits per heavy atom. The van der Waals surface area contributed by atoms with Gasteiger partial charge in [-0.2, -0.15) is 0 Å². The molecule has 0 aliphatic carbocycles. The van der Waals surface area contributed by atoms with Gasteiger partial charge in [-0.1, -0.05) is 23.2 Å². The predicted octanol–water partition coefficient (Wildman–Crippen LogP) is 3.76. The van der Waals surface area contributed by atoms with Gasteiger partial charge in [-0.25, -0.2) is 0 Å². The van der Waals surface area contributed by atoms with Gasteiger partial charge in [0.25, 0.3) is 0 Å². The molecule has 1 fully saturated rings. The van der Waals surface area contributed by atoms with Gasteiger partial charge in [0.15, 0.2) is 11.5 Å². The first kappa shape index (κ1) is 17.9. The summed E-state index contributed by atoms with van der Waals surface area (Å²) in [5.74, 6) is 0.429. The van der Waals surface area contributed by atoms with E-state index in [4.69, 9.17) is 32.7 Å². The van der Waals surface area contributed by atoms with Gasteiger partial charge >= 0.3 is 0 Å². The zero-order valence-electron chi connectivity index (χ0n) is 14.2. The fourth-order valence-electron chi connectivity index (χ4n) is 3.20. The maximum absolute atomic E-state index is 12.6. The van der Waals surface area contributed by atoms with Crippen LogP contribution in [0.15, 0.2) is 36.4 Å². The van der Waals surface area contributed by atoms with Crippen molar-refractivity contribution in [2.24, 2.45) is 5.92 Å². The Hall–Kier alpha value is -2.44. The highest BCUT2D eigenvalue weighted by atomic mass is 35.5. The number of carbonyl (C=O) groups is 2. The Bertz CT molecular complexity index is 898. The van der Waals surface area contributed by atoms with Crippen molar-refractivity contribution in [2.75, 3.05) is 30.0 Å². The van der Waals surface area contributed by atoms with Gasteiger partial charge < -0.3 is 19.7 Å². The van der Waals surface area contributed by atoms with Crippen molar-refractivity contribution < 1.29 is 19.1 Å². The molecule has 0 radical (unpaired) electrons. The summed E-state index contributed by atoms with van der Waals surface area (Å²) < 4.78 is 11.1. The van der Waals surface area contributed by atoms with Gasteiger partial charge in [0.05, 0.1) is 5.92 Å². The predicted molar refractivity (Wildman–Crippen MR) is 103 cm³/mol. The molecule has 8 heteroatoms. The van der Waals surface area contributed by atoms with E-state index in [2.05, 4.69) is 5.32 Å². The summed E-state index contributed by atoms with van der Waals surface area (Å²) in [6.45, 7) is 1.26. The van der Waals surface area contributed by atoms with Crippen LogP contribution in [-0.4, -0.2) is 31.6 Å². The summed E-state index contributed by atoms with van der Waals surface area (Å²) in [5, 5.41) is 3.63. The standard InChI is InChI=1S/C19H16Cl2N2O4/c20-12-6-13(21)8-14(7-12)22-19(25)11-5-18(24)23(10-11)15-1-2-16-17(9-15)27-4-3-26-16/h1-2,6-9,11H,3-5,10H2,(H,22,25)/t11-/m1/s1. The van der Waals surface area contributed by atoms with Crippen molar-refractivity contribution in [3.05, 3.63) is 46.4 Å². The smallest absolute Gasteiger partial charge is 0.229 e. The first-order valence-electron chi connectivity index (χ1n) is 8.46. The first-order chi connectivity index (χ1) is 13.0. The lowest BCUT2D eigenvalue weighted by molar-refractivity contribution is -0.122. The molecule has 2 aliphatic heterocycles. The second-order valence-electron chi connectivity index (χ2n) is 6.38. The Labute approximate surface area is 165 Å². The number of halogens is 2. The zero-order valence-corrected chi connectivity index (χ0v) is 15.7. The molecule has 2 aliphatic rings. The van der Waals surface area contributed by atoms with Crippen molar-refractivity contribution in [1.82, 2.24) is 0 Å². The van der Waals surface area contributed by atoms with Gasteiger partial charge in [-0.05, 0) is 30.3 Å². The zero-order chi connectivity index (χ0) is 19.0. The highest BCUT2D eigenvalue weighted by Crippen LogP contribution is 2.36. The number of anilines is 2. The minimum atomic E-state index is -0.469. The number of ether oxygens (including phenoxy) is 2. The molecule has 27 heavy (non-hydrogen) atoms. The van der Waals surface area contributed by atoms with E-state index in [1.54, 1.807) is 41.3 Å². The summed E-state index contributed by atoms with van der Waals surface area (Å²) in [5.41, 5.74) is 1.19. The Morgan fingerprint density at radius 3 is 2.48 bits per heavy atom. The molecule has 140 valence electrons. The molecule has 1 N–H and O–H groups in total. The second kappa shape index (κ2) is 7.29. The molecule has 1 atom stereocenters. The molecule has 2 aromatic rings. The quantitative estimate of drug-likeness (QED) is 0.842. The average molecular weight is 407 g/mol. The topological polar surface area (TPSA) is 67.9 Å². The fourth-order valence-corrected chi connectivity index (χ4v) is 3.73. The third-order valence-electron chi connectivity index (χ3n) is 4.46. The number of hydrogen-bond acceptors (Lipinski definition) is 4. The molecule has 0 saturated carbocycles. The maximum Gasteiger partial charge on any atom is 0.229 e. The molecule has 6 nitrogen and oxygen atoms in total. The van der Waals surface area contributed by atoms with Crippen LogP contribution in [0.2, 0.25) is 10.0 Å². The number of carbonyl (C=O) groups excluding carboxylic acids is 2. The van der Waals surface area contributed by atoms with Crippen LogP contribution in [0.5, 0.6) is 11.5 Å². The van der Waals surface area contributed by atoms with E-state index in [1.807, 2.05) is 0 Å². The van der Waals surface area contributed by atoms with Gasteiger partial charge in [-0.15, -0.1) is 0 Å². The lowest BCUT2D eigenvalue weighted by atomic mass is 10.1. The van der Waals surface area contributed by atoms with E-state index < -0.39 is 5.92 Å². The van der Waals surface area contributed by atoms with E-state index in [-0.39, 0.29) is 18.2 Å². The summed E-state index contributed by atoms with van der Waals surface area (Å²) in [6, 6.07) is 10.1. The maximum atomic E-state index is 12.6. The molecule has 4 rings (SSSR count). The fraction of sp³-hybridized carbons (Fsp3) is 0.263. The monoisotopic (exact) mass is 406 g/mol. The molecule has 0 spiro atoms. The number of rotatable bonds is 3. The van der Waals surface area contributed by atoms with E-state index in [0.717, 1.165) is 0 Å². The van der Waals surface area contributed by atoms with Crippen LogP contribution in [-0.2, 0) is 9.59 Å². The van der Waals surface area contributed by atoms with Crippen LogP contribution >= 0.6 is 23.2 Å². The molecule has 2 aromatic carbocycles. The molecule has 2 amide bonds. The van der Waals surface area contributed by atoms with Gasteiger partial charge in [0.1, 0.15) is 13.2 Å². The summed E-state index contributed by atoms with van der Waals surface area (Å²) in [6.07, 6.45) is 0.134. The van der Waals surface area contributed by atoms with E-state index in [1.165, 1.54) is 0 Å². The van der Waals surface area contributed by atoms with E-state index in [9.17, 15) is 9.59 Å². The van der Waals surface area contributed by atoms with Crippen molar-refractivity contribution in [2.45, 2.75) is 6.42 Å². The third-order valence-corrected chi connectivity index (χ3v) is 4.90. The second-order valence-corrected chi connectivity index (χ2v) is 7.25. The van der Waals surface area contributed by atoms with Crippen LogP contribution in [0.1, 0.15) is 6.42 Å². The van der Waals surface area contributed by atoms with E-state index >= 15 is 0 Å². The number of nitrogens with zero attached hydrogens (tertiary/aromatic N) is 1. The molecule has 2 heterocycles. The number of hydrogen-bond donors (Lipinski definition) is 1. The van der Waals surface area contributed by atoms with Crippen molar-refractivity contribution in [1.29, 1.82) is 0 Å². The van der Waals surface area contributed by atoms with E-state index in [0.29, 0.717) is 52.7 Å². The summed E-state index contributed by atoms with van der Waals surface area (Å²) >= 11 is 11.9. The molecule has 0 unspecified atom stereocenters. The van der Waals surface area contributed by atoms with Crippen LogP contribution in [0.3, 0.4) is 0 Å². The van der Waals surface area contributed by atoms with Crippen molar-refractivity contribution in [3.63, 3.8) is 0 Å². The molecule has 1 saturated heterocycles. The molecular formula is C19H16Cl2N2O4. The highest BCUT2D eigenvalue weighted by molar-refractivity contribution is 6.35. The number of benzene rings is 2. The Kier molecular flexibility index (Phi) is 4.85. The molecule has 0 aromatic heterocycles. The minimum Gasteiger partial charge on any atom is -0.486 e. The third kappa shape index (κ3) is 3.82. The normalized spacial score (nSPS) is 18.5. The lowest BCUT2D eigenvalue weighted by Gasteiger charge is -2.22. The first-order valence-corrected chi connectivity index (χ1v) is 9.22. The number of amides is 2. The highest BCUT2D eigenvalue weighted by Gasteiger charge is 2.35. The van der Waals surface area contributed by atoms with Crippen LogP contribution in [0.25, 0.3) is 0 Å². The Balaban J connectivity index is 1.48. The minimum absolute atomic E-state index is 0.115. The van der Waals surface area contributed by atoms with Gasteiger partial charge in [0.2, 0.25) is 11.8 Å². The molecule has 0 bridgehead atoms. The summed E-state index contributed by atoms with van der Waals surface area (Å²) in [7, 11) is 0. The average Bonchev–Trinajstić information content (AvgIpc) is 3.02. The SMILES string of the molecule is O=C(Nc1cc(Cl)cc(Cl)c1)[C@@H]1CC(=O)N(c2ccc3c(c2)OCCO3)C1. The largest absolute Gasteiger partial charge is 0.486 e. The molecular weight excluding hydrogens is 391 g/mol. The Morgan fingerprint density at radius 2 is 1.74 bits per heavy atom. The van der Waals surface area contributed by atoms with Gasteiger partial charge in [-0.3, -0.25) is 9.59 Å². The van der Waals surface area contributed by atoms with Crippen LogP contribution in [0.4, 0.5) is 11.4 Å². The lowest BCUT2D eigenvalue weighted by Crippen LogP contribution is -2.28. The number of nitrogens with one attached hydrogen (secondary N) is 1.